The lowest BCUT2D eigenvalue weighted by Gasteiger charge is -2.26. The van der Waals surface area contributed by atoms with Crippen LogP contribution in [0.5, 0.6) is 11.5 Å². The number of aromatic nitrogens is 1. The zero-order valence-corrected chi connectivity index (χ0v) is 24.4. The van der Waals surface area contributed by atoms with Crippen LogP contribution in [0.15, 0.2) is 80.1 Å². The van der Waals surface area contributed by atoms with Crippen LogP contribution in [0.25, 0.3) is 17.4 Å². The van der Waals surface area contributed by atoms with Crippen molar-refractivity contribution >= 4 is 29.4 Å². The monoisotopic (exact) mass is 588 g/mol. The van der Waals surface area contributed by atoms with Crippen molar-refractivity contribution in [1.29, 1.82) is 0 Å². The van der Waals surface area contributed by atoms with E-state index in [9.17, 15) is 14.4 Å². The molecule has 0 saturated heterocycles. The second-order valence-electron chi connectivity index (χ2n) is 9.18. The van der Waals surface area contributed by atoms with Crippen LogP contribution in [0.1, 0.15) is 41.6 Å². The lowest BCUT2D eigenvalue weighted by Crippen LogP contribution is -2.40. The summed E-state index contributed by atoms with van der Waals surface area (Å²) < 4.78 is 29.0. The third kappa shape index (κ3) is 5.26. The lowest BCUT2D eigenvalue weighted by atomic mass is 9.95. The van der Waals surface area contributed by atoms with Crippen molar-refractivity contribution in [1.82, 2.24) is 4.57 Å². The van der Waals surface area contributed by atoms with E-state index in [1.165, 1.54) is 30.1 Å². The molecule has 0 saturated carbocycles. The van der Waals surface area contributed by atoms with Gasteiger partial charge >= 0.3 is 11.9 Å². The molecule has 0 aliphatic carbocycles. The maximum absolute atomic E-state index is 13.9. The number of carbonyl (C=O) groups is 2. The first-order chi connectivity index (χ1) is 20.3. The molecule has 0 amide bonds. The molecule has 5 rings (SSSR count). The molecule has 1 unspecified atom stereocenters. The molecular weight excluding hydrogens is 560 g/mol. The molecule has 1 atom stereocenters. The van der Waals surface area contributed by atoms with Crippen molar-refractivity contribution < 1.29 is 33.0 Å². The number of carbonyl (C=O) groups excluding carboxylic acids is 2. The third-order valence-electron chi connectivity index (χ3n) is 6.74. The summed E-state index contributed by atoms with van der Waals surface area (Å²) >= 11 is 1.18. The number of nitrogens with zero attached hydrogens (tertiary/aromatic N) is 2. The number of esters is 2. The van der Waals surface area contributed by atoms with Crippen LogP contribution in [0.2, 0.25) is 0 Å². The molecule has 4 aromatic rings. The number of ether oxygens (including phenoxy) is 4. The Labute approximate surface area is 244 Å². The van der Waals surface area contributed by atoms with E-state index in [1.807, 2.05) is 0 Å². The molecule has 10 nitrogen and oxygen atoms in total. The minimum Gasteiger partial charge on any atom is -0.497 e. The topological polar surface area (TPSA) is 119 Å². The van der Waals surface area contributed by atoms with Gasteiger partial charge in [0.2, 0.25) is 0 Å². The standard InChI is InChI=1S/C31H28N2O8S/c1-6-40-30(36)26-17(2)32-31-33(27(26)22-13-11-20(37-3)15-24(22)38-4)28(34)25(42-31)16-21-12-14-23(41-21)18-7-9-19(10-8-18)29(35)39-5/h7-16,27H,6H2,1-5H3/b25-16-. The van der Waals surface area contributed by atoms with Gasteiger partial charge in [0, 0.05) is 23.3 Å². The SMILES string of the molecule is CCOC(=O)C1=C(C)N=c2s/c(=C\c3ccc(-c4ccc(C(=O)OC)cc4)o3)c(=O)n2C1c1ccc(OC)cc1OC. The van der Waals surface area contributed by atoms with E-state index in [-0.39, 0.29) is 17.7 Å². The number of furan rings is 1. The summed E-state index contributed by atoms with van der Waals surface area (Å²) in [6.07, 6.45) is 1.64. The van der Waals surface area contributed by atoms with Crippen molar-refractivity contribution in [3.05, 3.63) is 102 Å². The Morgan fingerprint density at radius 3 is 2.45 bits per heavy atom. The van der Waals surface area contributed by atoms with Crippen LogP contribution in [0.4, 0.5) is 0 Å². The highest BCUT2D eigenvalue weighted by Crippen LogP contribution is 2.37. The molecule has 2 aromatic carbocycles. The van der Waals surface area contributed by atoms with Gasteiger partial charge in [0.15, 0.2) is 4.80 Å². The number of methoxy groups -OCH3 is 3. The van der Waals surface area contributed by atoms with Crippen molar-refractivity contribution in [2.75, 3.05) is 27.9 Å². The normalized spacial score (nSPS) is 14.7. The zero-order chi connectivity index (χ0) is 30.0. The van der Waals surface area contributed by atoms with E-state index in [1.54, 1.807) is 81.6 Å². The second-order valence-corrected chi connectivity index (χ2v) is 10.2. The number of hydrogen-bond donors (Lipinski definition) is 0. The number of rotatable bonds is 8. The Bertz CT molecular complexity index is 1880. The van der Waals surface area contributed by atoms with E-state index in [2.05, 4.69) is 4.99 Å². The Morgan fingerprint density at radius 2 is 1.79 bits per heavy atom. The van der Waals surface area contributed by atoms with E-state index < -0.39 is 18.0 Å². The molecule has 0 bridgehead atoms. The summed E-state index contributed by atoms with van der Waals surface area (Å²) in [5.74, 6) is 1.03. The van der Waals surface area contributed by atoms with Gasteiger partial charge in [0.05, 0.1) is 49.3 Å². The Hall–Kier alpha value is -4.90. The number of thiazole rings is 1. The van der Waals surface area contributed by atoms with Crippen molar-refractivity contribution in [3.8, 4) is 22.8 Å². The van der Waals surface area contributed by atoms with Crippen LogP contribution < -0.4 is 24.4 Å². The molecule has 0 radical (unpaired) electrons. The van der Waals surface area contributed by atoms with Gasteiger partial charge in [-0.3, -0.25) is 9.36 Å². The van der Waals surface area contributed by atoms with Crippen molar-refractivity contribution in [2.45, 2.75) is 19.9 Å². The van der Waals surface area contributed by atoms with Gasteiger partial charge in [0.1, 0.15) is 29.1 Å². The predicted octanol–water partition coefficient (Wildman–Crippen LogP) is 3.86. The second kappa shape index (κ2) is 11.9. The molecule has 0 spiro atoms. The van der Waals surface area contributed by atoms with Gasteiger partial charge in [-0.15, -0.1) is 0 Å². The lowest BCUT2D eigenvalue weighted by molar-refractivity contribution is -0.139. The highest BCUT2D eigenvalue weighted by atomic mass is 32.1. The average Bonchev–Trinajstić information content (AvgIpc) is 3.59. The quantitative estimate of drug-likeness (QED) is 0.285. The highest BCUT2D eigenvalue weighted by Gasteiger charge is 2.35. The van der Waals surface area contributed by atoms with Gasteiger partial charge in [0.25, 0.3) is 5.56 Å². The van der Waals surface area contributed by atoms with Crippen LogP contribution >= 0.6 is 11.3 Å². The third-order valence-corrected chi connectivity index (χ3v) is 7.73. The Morgan fingerprint density at radius 1 is 1.02 bits per heavy atom. The predicted molar refractivity (Wildman–Crippen MR) is 155 cm³/mol. The fraction of sp³-hybridized carbons (Fsp3) is 0.226. The van der Waals surface area contributed by atoms with E-state index in [4.69, 9.17) is 23.4 Å². The molecule has 3 heterocycles. The van der Waals surface area contributed by atoms with Crippen molar-refractivity contribution in [3.63, 3.8) is 0 Å². The van der Waals surface area contributed by atoms with Gasteiger partial charge in [-0.25, -0.2) is 14.6 Å². The maximum Gasteiger partial charge on any atom is 0.338 e. The molecule has 11 heteroatoms. The summed E-state index contributed by atoms with van der Waals surface area (Å²) in [4.78, 5) is 43.9. The smallest absolute Gasteiger partial charge is 0.338 e. The van der Waals surface area contributed by atoms with Crippen LogP contribution in [0, 0.1) is 0 Å². The van der Waals surface area contributed by atoms with Crippen LogP contribution in [0.3, 0.4) is 0 Å². The Kier molecular flexibility index (Phi) is 8.12. The number of fused-ring (bicyclic) bond motifs is 1. The molecule has 216 valence electrons. The first-order valence-corrected chi connectivity index (χ1v) is 13.8. The number of hydrogen-bond acceptors (Lipinski definition) is 10. The summed E-state index contributed by atoms with van der Waals surface area (Å²) in [5, 5.41) is 0. The largest absolute Gasteiger partial charge is 0.497 e. The fourth-order valence-electron chi connectivity index (χ4n) is 4.73. The van der Waals surface area contributed by atoms with E-state index in [0.717, 1.165) is 5.56 Å². The number of allylic oxidation sites excluding steroid dienone is 1. The van der Waals surface area contributed by atoms with Gasteiger partial charge in [-0.2, -0.15) is 0 Å². The molecule has 42 heavy (non-hydrogen) atoms. The highest BCUT2D eigenvalue weighted by molar-refractivity contribution is 7.07. The molecular formula is C31H28N2O8S. The molecule has 0 N–H and O–H groups in total. The number of benzene rings is 2. The summed E-state index contributed by atoms with van der Waals surface area (Å²) in [6.45, 7) is 3.60. The summed E-state index contributed by atoms with van der Waals surface area (Å²) in [7, 11) is 4.39. The minimum absolute atomic E-state index is 0.165. The summed E-state index contributed by atoms with van der Waals surface area (Å²) in [5.41, 5.74) is 2.10. The molecule has 0 fully saturated rings. The van der Waals surface area contributed by atoms with Gasteiger partial charge in [-0.05, 0) is 50.2 Å². The molecule has 1 aliphatic heterocycles. The van der Waals surface area contributed by atoms with E-state index in [0.29, 0.717) is 49.2 Å². The van der Waals surface area contributed by atoms with E-state index >= 15 is 0 Å². The summed E-state index contributed by atoms with van der Waals surface area (Å²) in [6, 6.07) is 14.7. The maximum atomic E-state index is 13.9. The van der Waals surface area contributed by atoms with Crippen LogP contribution in [-0.2, 0) is 14.3 Å². The average molecular weight is 589 g/mol. The van der Waals surface area contributed by atoms with Crippen LogP contribution in [-0.4, -0.2) is 44.4 Å². The zero-order valence-electron chi connectivity index (χ0n) is 23.6. The van der Waals surface area contributed by atoms with Gasteiger partial charge < -0.3 is 23.4 Å². The molecule has 2 aromatic heterocycles. The Balaban J connectivity index is 1.61. The fourth-order valence-corrected chi connectivity index (χ4v) is 5.76. The van der Waals surface area contributed by atoms with Crippen molar-refractivity contribution in [2.24, 2.45) is 4.99 Å². The minimum atomic E-state index is -0.844. The van der Waals surface area contributed by atoms with Gasteiger partial charge in [-0.1, -0.05) is 23.5 Å². The first kappa shape index (κ1) is 28.6. The first-order valence-electron chi connectivity index (χ1n) is 13.0. The molecule has 1 aliphatic rings.